The summed E-state index contributed by atoms with van der Waals surface area (Å²) < 4.78 is 5.42. The molecule has 3 saturated carbocycles. The Morgan fingerprint density at radius 2 is 1.75 bits per heavy atom. The zero-order valence-electron chi connectivity index (χ0n) is 10.8. The van der Waals surface area contributed by atoms with E-state index in [1.54, 1.807) is 7.11 Å². The van der Waals surface area contributed by atoms with Crippen molar-refractivity contribution in [2.75, 3.05) is 20.7 Å². The molecule has 2 nitrogen and oxygen atoms in total. The second kappa shape index (κ2) is 4.40. The van der Waals surface area contributed by atoms with Gasteiger partial charge in [0, 0.05) is 5.41 Å². The highest BCUT2D eigenvalue weighted by Gasteiger charge is 2.49. The van der Waals surface area contributed by atoms with Crippen molar-refractivity contribution < 1.29 is 4.74 Å². The van der Waals surface area contributed by atoms with Crippen molar-refractivity contribution in [3.8, 4) is 0 Å². The van der Waals surface area contributed by atoms with E-state index in [4.69, 9.17) is 4.74 Å². The molecule has 0 radical (unpaired) electrons. The van der Waals surface area contributed by atoms with Crippen LogP contribution in [0.2, 0.25) is 0 Å². The van der Waals surface area contributed by atoms with Crippen molar-refractivity contribution in [1.82, 2.24) is 5.32 Å². The minimum Gasteiger partial charge on any atom is -0.501 e. The number of nitrogens with one attached hydrogen (secondary N) is 1. The van der Waals surface area contributed by atoms with Gasteiger partial charge < -0.3 is 10.1 Å². The van der Waals surface area contributed by atoms with Crippen molar-refractivity contribution in [2.45, 2.75) is 44.9 Å². The number of ether oxygens (including phenoxy) is 1. The molecule has 0 atom stereocenters. The maximum Gasteiger partial charge on any atom is 0.0945 e. The Bertz CT molecular complexity index is 247. The SMILES string of the molecule is C=C(OC)C12CCC(CCNC)(CC1)CC2. The largest absolute Gasteiger partial charge is 0.501 e. The van der Waals surface area contributed by atoms with Crippen LogP contribution >= 0.6 is 0 Å². The van der Waals surface area contributed by atoms with E-state index in [9.17, 15) is 0 Å². The first-order valence-electron chi connectivity index (χ1n) is 6.54. The fraction of sp³-hybridized carbons (Fsp3) is 0.857. The van der Waals surface area contributed by atoms with Gasteiger partial charge in [-0.1, -0.05) is 6.58 Å². The van der Waals surface area contributed by atoms with Gasteiger partial charge >= 0.3 is 0 Å². The summed E-state index contributed by atoms with van der Waals surface area (Å²) in [6.07, 6.45) is 9.35. The molecule has 0 unspecified atom stereocenters. The molecule has 16 heavy (non-hydrogen) atoms. The van der Waals surface area contributed by atoms with E-state index in [1.807, 2.05) is 0 Å². The van der Waals surface area contributed by atoms with Gasteiger partial charge in [0.25, 0.3) is 0 Å². The van der Waals surface area contributed by atoms with Crippen LogP contribution in [-0.4, -0.2) is 20.7 Å². The van der Waals surface area contributed by atoms with Crippen molar-refractivity contribution >= 4 is 0 Å². The minimum atomic E-state index is 0.330. The van der Waals surface area contributed by atoms with Crippen molar-refractivity contribution in [3.05, 3.63) is 12.3 Å². The van der Waals surface area contributed by atoms with Crippen LogP contribution < -0.4 is 5.32 Å². The van der Waals surface area contributed by atoms with Gasteiger partial charge in [-0.2, -0.15) is 0 Å². The van der Waals surface area contributed by atoms with E-state index in [0.717, 1.165) is 12.3 Å². The van der Waals surface area contributed by atoms with Crippen molar-refractivity contribution in [1.29, 1.82) is 0 Å². The number of allylic oxidation sites excluding steroid dienone is 1. The Morgan fingerprint density at radius 3 is 2.19 bits per heavy atom. The molecule has 0 aromatic rings. The van der Waals surface area contributed by atoms with E-state index in [1.165, 1.54) is 44.9 Å². The monoisotopic (exact) mass is 223 g/mol. The first kappa shape index (κ1) is 12.0. The Hall–Kier alpha value is -0.500. The van der Waals surface area contributed by atoms with Gasteiger partial charge in [-0.25, -0.2) is 0 Å². The molecule has 3 aliphatic rings. The fourth-order valence-electron chi connectivity index (χ4n) is 3.66. The number of methoxy groups -OCH3 is 1. The third-order valence-corrected chi connectivity index (χ3v) is 5.14. The molecule has 92 valence electrons. The Morgan fingerprint density at radius 1 is 1.19 bits per heavy atom. The normalized spacial score (nSPS) is 37.4. The summed E-state index contributed by atoms with van der Waals surface area (Å²) in [5.74, 6) is 1.04. The predicted octanol–water partition coefficient (Wildman–Crippen LogP) is 3.10. The highest BCUT2D eigenvalue weighted by Crippen LogP contribution is 2.60. The lowest BCUT2D eigenvalue weighted by atomic mass is 9.52. The van der Waals surface area contributed by atoms with E-state index < -0.39 is 0 Å². The smallest absolute Gasteiger partial charge is 0.0945 e. The highest BCUT2D eigenvalue weighted by atomic mass is 16.5. The number of hydrogen-bond donors (Lipinski definition) is 1. The molecule has 0 spiro atoms. The van der Waals surface area contributed by atoms with Crippen LogP contribution in [0.3, 0.4) is 0 Å². The molecule has 2 bridgehead atoms. The van der Waals surface area contributed by atoms with Gasteiger partial charge in [0.1, 0.15) is 0 Å². The van der Waals surface area contributed by atoms with Crippen LogP contribution in [0.4, 0.5) is 0 Å². The zero-order valence-corrected chi connectivity index (χ0v) is 10.8. The van der Waals surface area contributed by atoms with Crippen molar-refractivity contribution in [3.63, 3.8) is 0 Å². The van der Waals surface area contributed by atoms with E-state index in [-0.39, 0.29) is 0 Å². The molecule has 0 heterocycles. The summed E-state index contributed by atoms with van der Waals surface area (Å²) in [6.45, 7) is 5.28. The van der Waals surface area contributed by atoms with Gasteiger partial charge in [-0.05, 0) is 64.0 Å². The van der Waals surface area contributed by atoms with Crippen LogP contribution in [0.5, 0.6) is 0 Å². The molecule has 0 aromatic carbocycles. The van der Waals surface area contributed by atoms with Gasteiger partial charge in [0.05, 0.1) is 12.9 Å². The van der Waals surface area contributed by atoms with Crippen LogP contribution in [0.25, 0.3) is 0 Å². The quantitative estimate of drug-likeness (QED) is 0.723. The molecule has 0 saturated heterocycles. The van der Waals surface area contributed by atoms with E-state index >= 15 is 0 Å². The molecule has 3 rings (SSSR count). The topological polar surface area (TPSA) is 21.3 Å². The number of fused-ring (bicyclic) bond motifs is 3. The standard InChI is InChI=1S/C14H25NO/c1-12(16-3)14-7-4-13(5-8-14,6-9-14)10-11-15-2/h15H,1,4-11H2,2-3H3. The Balaban J connectivity index is 2.00. The maximum absolute atomic E-state index is 5.42. The van der Waals surface area contributed by atoms with E-state index in [2.05, 4.69) is 18.9 Å². The average molecular weight is 223 g/mol. The van der Waals surface area contributed by atoms with Crippen LogP contribution in [0.15, 0.2) is 12.3 Å². The third-order valence-electron chi connectivity index (χ3n) is 5.14. The summed E-state index contributed by atoms with van der Waals surface area (Å²) in [7, 11) is 3.83. The molecule has 0 aliphatic heterocycles. The summed E-state index contributed by atoms with van der Waals surface area (Å²) >= 11 is 0. The first-order chi connectivity index (χ1) is 7.66. The van der Waals surface area contributed by atoms with Gasteiger partial charge in [-0.3, -0.25) is 0 Å². The van der Waals surface area contributed by atoms with Crippen LogP contribution in [-0.2, 0) is 4.74 Å². The Labute approximate surface area is 99.4 Å². The maximum atomic E-state index is 5.42. The first-order valence-corrected chi connectivity index (χ1v) is 6.54. The molecule has 1 N–H and O–H groups in total. The second-order valence-electron chi connectivity index (χ2n) is 5.76. The van der Waals surface area contributed by atoms with Crippen molar-refractivity contribution in [2.24, 2.45) is 10.8 Å². The molecule has 0 amide bonds. The van der Waals surface area contributed by atoms with Crippen LogP contribution in [0.1, 0.15) is 44.9 Å². The van der Waals surface area contributed by atoms with Crippen LogP contribution in [0, 0.1) is 10.8 Å². The molecule has 3 aliphatic carbocycles. The second-order valence-corrected chi connectivity index (χ2v) is 5.76. The third kappa shape index (κ3) is 1.88. The highest BCUT2D eigenvalue weighted by molar-refractivity contribution is 5.11. The zero-order chi connectivity index (χ0) is 11.6. The summed E-state index contributed by atoms with van der Waals surface area (Å²) in [6, 6.07) is 0. The van der Waals surface area contributed by atoms with Gasteiger partial charge in [0.2, 0.25) is 0 Å². The molecule has 3 fully saturated rings. The fourth-order valence-corrected chi connectivity index (χ4v) is 3.66. The molecule has 2 heteroatoms. The van der Waals surface area contributed by atoms with E-state index in [0.29, 0.717) is 10.8 Å². The lowest BCUT2D eigenvalue weighted by Gasteiger charge is -2.53. The molecular weight excluding hydrogens is 198 g/mol. The predicted molar refractivity (Wildman–Crippen MR) is 67.3 cm³/mol. The minimum absolute atomic E-state index is 0.330. The lowest BCUT2D eigenvalue weighted by Crippen LogP contribution is -2.43. The molecular formula is C14H25NO. The lowest BCUT2D eigenvalue weighted by molar-refractivity contribution is -0.0192. The van der Waals surface area contributed by atoms with Gasteiger partial charge in [-0.15, -0.1) is 0 Å². The Kier molecular flexibility index (Phi) is 3.29. The van der Waals surface area contributed by atoms with Gasteiger partial charge in [0.15, 0.2) is 0 Å². The number of hydrogen-bond acceptors (Lipinski definition) is 2. The summed E-state index contributed by atoms with van der Waals surface area (Å²) in [4.78, 5) is 0. The average Bonchev–Trinajstić information content (AvgIpc) is 2.37. The summed E-state index contributed by atoms with van der Waals surface area (Å²) in [5.41, 5.74) is 0.967. The molecule has 0 aromatic heterocycles. The number of rotatable bonds is 5. The summed E-state index contributed by atoms with van der Waals surface area (Å²) in [5, 5.41) is 3.29.